The van der Waals surface area contributed by atoms with Crippen LogP contribution in [-0.4, -0.2) is 25.1 Å². The van der Waals surface area contributed by atoms with Crippen molar-refractivity contribution >= 4 is 33.2 Å². The molecule has 2 aromatic rings. The zero-order valence-electron chi connectivity index (χ0n) is 13.3. The maximum absolute atomic E-state index is 12.5. The lowest BCUT2D eigenvalue weighted by atomic mass is 10.1. The van der Waals surface area contributed by atoms with E-state index in [0.717, 1.165) is 0 Å². The molecule has 0 radical (unpaired) electrons. The summed E-state index contributed by atoms with van der Waals surface area (Å²) in [6.07, 6.45) is 0. The number of methoxy groups -OCH3 is 2. The van der Waals surface area contributed by atoms with E-state index in [1.165, 1.54) is 26.4 Å². The lowest BCUT2D eigenvalue weighted by Crippen LogP contribution is -2.13. The Bertz CT molecular complexity index is 782. The standard InChI is InChI=1S/C16H15BrN2O5/c1-9-11(5-4-6-12(9)19(21)22)18-16(20)10-7-13(23-2)15(17)14(8-10)24-3/h4-8H,1-3H3,(H,18,20). The average molecular weight is 395 g/mol. The highest BCUT2D eigenvalue weighted by Crippen LogP contribution is 2.36. The fourth-order valence-electron chi connectivity index (χ4n) is 2.15. The smallest absolute Gasteiger partial charge is 0.274 e. The number of nitro groups is 1. The predicted octanol–water partition coefficient (Wildman–Crippen LogP) is 3.94. The summed E-state index contributed by atoms with van der Waals surface area (Å²) in [6, 6.07) is 7.61. The second kappa shape index (κ2) is 7.31. The molecule has 0 atom stereocenters. The Morgan fingerprint density at radius 3 is 2.29 bits per heavy atom. The van der Waals surface area contributed by atoms with Crippen molar-refractivity contribution in [2.75, 3.05) is 19.5 Å². The van der Waals surface area contributed by atoms with E-state index in [9.17, 15) is 14.9 Å². The molecule has 0 spiro atoms. The van der Waals surface area contributed by atoms with Gasteiger partial charge >= 0.3 is 0 Å². The third-order valence-electron chi connectivity index (χ3n) is 3.46. The zero-order valence-corrected chi connectivity index (χ0v) is 14.8. The van der Waals surface area contributed by atoms with E-state index >= 15 is 0 Å². The van der Waals surface area contributed by atoms with E-state index in [0.29, 0.717) is 32.8 Å². The molecule has 0 saturated heterocycles. The van der Waals surface area contributed by atoms with Crippen LogP contribution >= 0.6 is 15.9 Å². The number of nitro benzene ring substituents is 1. The van der Waals surface area contributed by atoms with Gasteiger partial charge in [0.15, 0.2) is 0 Å². The fraction of sp³-hybridized carbons (Fsp3) is 0.188. The van der Waals surface area contributed by atoms with Gasteiger partial charge in [0, 0.05) is 11.6 Å². The largest absolute Gasteiger partial charge is 0.495 e. The number of benzene rings is 2. The van der Waals surface area contributed by atoms with Gasteiger partial charge in [0.25, 0.3) is 11.6 Å². The van der Waals surface area contributed by atoms with Gasteiger partial charge in [0.2, 0.25) is 0 Å². The summed E-state index contributed by atoms with van der Waals surface area (Å²) in [5.74, 6) is 0.452. The Labute approximate surface area is 146 Å². The van der Waals surface area contributed by atoms with Crippen molar-refractivity contribution in [3.63, 3.8) is 0 Å². The summed E-state index contributed by atoms with van der Waals surface area (Å²) >= 11 is 3.33. The van der Waals surface area contributed by atoms with Crippen LogP contribution in [0.15, 0.2) is 34.8 Å². The van der Waals surface area contributed by atoms with Crippen molar-refractivity contribution in [3.8, 4) is 11.5 Å². The van der Waals surface area contributed by atoms with Gasteiger partial charge < -0.3 is 14.8 Å². The highest BCUT2D eigenvalue weighted by molar-refractivity contribution is 9.10. The van der Waals surface area contributed by atoms with Crippen LogP contribution in [0.5, 0.6) is 11.5 Å². The van der Waals surface area contributed by atoms with Gasteiger partial charge in [-0.25, -0.2) is 0 Å². The van der Waals surface area contributed by atoms with Gasteiger partial charge in [0.05, 0.1) is 30.4 Å². The SMILES string of the molecule is COc1cc(C(=O)Nc2cccc([N+](=O)[O-])c2C)cc(OC)c1Br. The predicted molar refractivity (Wildman–Crippen MR) is 93.0 cm³/mol. The molecule has 0 aliphatic rings. The van der Waals surface area contributed by atoms with Crippen molar-refractivity contribution in [1.82, 2.24) is 0 Å². The zero-order chi connectivity index (χ0) is 17.9. The van der Waals surface area contributed by atoms with E-state index < -0.39 is 10.8 Å². The third kappa shape index (κ3) is 3.48. The highest BCUT2D eigenvalue weighted by Gasteiger charge is 2.18. The fourth-order valence-corrected chi connectivity index (χ4v) is 2.70. The molecular formula is C16H15BrN2O5. The molecule has 0 unspecified atom stereocenters. The van der Waals surface area contributed by atoms with E-state index in [1.54, 1.807) is 25.1 Å². The van der Waals surface area contributed by atoms with Crippen LogP contribution in [0.4, 0.5) is 11.4 Å². The maximum atomic E-state index is 12.5. The summed E-state index contributed by atoms with van der Waals surface area (Å²) in [7, 11) is 2.96. The highest BCUT2D eigenvalue weighted by atomic mass is 79.9. The first-order valence-electron chi connectivity index (χ1n) is 6.86. The average Bonchev–Trinajstić information content (AvgIpc) is 2.56. The van der Waals surface area contributed by atoms with E-state index in [1.807, 2.05) is 0 Å². The molecule has 0 aliphatic carbocycles. The number of amides is 1. The number of carbonyl (C=O) groups excluding carboxylic acids is 1. The first-order valence-corrected chi connectivity index (χ1v) is 7.65. The van der Waals surface area contributed by atoms with Crippen LogP contribution < -0.4 is 14.8 Å². The summed E-state index contributed by atoms with van der Waals surface area (Å²) in [5, 5.41) is 13.7. The molecule has 2 rings (SSSR count). The van der Waals surface area contributed by atoms with Crippen molar-refractivity contribution in [3.05, 3.63) is 56.0 Å². The van der Waals surface area contributed by atoms with Gasteiger partial charge in [-0.15, -0.1) is 0 Å². The molecular weight excluding hydrogens is 380 g/mol. The Balaban J connectivity index is 2.37. The number of rotatable bonds is 5. The topological polar surface area (TPSA) is 90.7 Å². The molecule has 1 N–H and O–H groups in total. The summed E-state index contributed by atoms with van der Waals surface area (Å²) in [4.78, 5) is 23.0. The van der Waals surface area contributed by atoms with Gasteiger partial charge in [0.1, 0.15) is 16.0 Å². The third-order valence-corrected chi connectivity index (χ3v) is 4.24. The number of anilines is 1. The maximum Gasteiger partial charge on any atom is 0.274 e. The molecule has 1 amide bonds. The van der Waals surface area contributed by atoms with Crippen LogP contribution in [0.3, 0.4) is 0 Å². The van der Waals surface area contributed by atoms with Crippen LogP contribution in [0.25, 0.3) is 0 Å². The van der Waals surface area contributed by atoms with Crippen LogP contribution in [0.2, 0.25) is 0 Å². The van der Waals surface area contributed by atoms with E-state index in [2.05, 4.69) is 21.2 Å². The molecule has 8 heteroatoms. The molecule has 0 aromatic heterocycles. The number of hydrogen-bond donors (Lipinski definition) is 1. The molecule has 0 fully saturated rings. The molecule has 0 heterocycles. The van der Waals surface area contributed by atoms with Crippen LogP contribution in [0.1, 0.15) is 15.9 Å². The number of carbonyl (C=O) groups is 1. The molecule has 0 saturated carbocycles. The van der Waals surface area contributed by atoms with Crippen molar-refractivity contribution in [2.45, 2.75) is 6.92 Å². The van der Waals surface area contributed by atoms with Crippen LogP contribution in [0, 0.1) is 17.0 Å². The lowest BCUT2D eigenvalue weighted by Gasteiger charge is -2.12. The number of hydrogen-bond acceptors (Lipinski definition) is 5. The summed E-state index contributed by atoms with van der Waals surface area (Å²) in [5.41, 5.74) is 0.999. The number of halogens is 1. The van der Waals surface area contributed by atoms with Crippen LogP contribution in [-0.2, 0) is 0 Å². The second-order valence-corrected chi connectivity index (χ2v) is 5.65. The Morgan fingerprint density at radius 1 is 1.21 bits per heavy atom. The summed E-state index contributed by atoms with van der Waals surface area (Å²) < 4.78 is 11.0. The normalized spacial score (nSPS) is 10.2. The summed E-state index contributed by atoms with van der Waals surface area (Å²) in [6.45, 7) is 1.58. The molecule has 7 nitrogen and oxygen atoms in total. The number of nitrogens with zero attached hydrogens (tertiary/aromatic N) is 1. The first-order chi connectivity index (χ1) is 11.4. The molecule has 126 valence electrons. The molecule has 2 aromatic carbocycles. The first kappa shape index (κ1) is 17.7. The van der Waals surface area contributed by atoms with Gasteiger partial charge in [-0.2, -0.15) is 0 Å². The molecule has 0 aliphatic heterocycles. The van der Waals surface area contributed by atoms with Gasteiger partial charge in [-0.1, -0.05) is 6.07 Å². The van der Waals surface area contributed by atoms with Crippen molar-refractivity contribution in [2.24, 2.45) is 0 Å². The minimum Gasteiger partial charge on any atom is -0.495 e. The molecule has 0 bridgehead atoms. The van der Waals surface area contributed by atoms with E-state index in [-0.39, 0.29) is 5.69 Å². The van der Waals surface area contributed by atoms with Gasteiger partial charge in [-0.05, 0) is 41.1 Å². The lowest BCUT2D eigenvalue weighted by molar-refractivity contribution is -0.385. The Morgan fingerprint density at radius 2 is 1.79 bits per heavy atom. The van der Waals surface area contributed by atoms with E-state index in [4.69, 9.17) is 9.47 Å². The number of ether oxygens (including phenoxy) is 2. The minimum atomic E-state index is -0.489. The number of nitrogens with one attached hydrogen (secondary N) is 1. The van der Waals surface area contributed by atoms with Crippen molar-refractivity contribution < 1.29 is 19.2 Å². The van der Waals surface area contributed by atoms with Crippen molar-refractivity contribution in [1.29, 1.82) is 0 Å². The van der Waals surface area contributed by atoms with Gasteiger partial charge in [-0.3, -0.25) is 14.9 Å². The quantitative estimate of drug-likeness (QED) is 0.612. The monoisotopic (exact) mass is 394 g/mol. The Kier molecular flexibility index (Phi) is 5.40. The Hall–Kier alpha value is -2.61. The minimum absolute atomic E-state index is 0.0567. The second-order valence-electron chi connectivity index (χ2n) is 4.86. The molecule has 24 heavy (non-hydrogen) atoms.